The standard InChI is InChI=1S/C9H17NO2.ClH/c1-8(12-9(2)11)10-6-4-3-5-7-10;/h8H,3-7H2,1-2H3;1H. The van der Waals surface area contributed by atoms with Gasteiger partial charge in [-0.1, -0.05) is 6.42 Å². The third-order valence-electron chi connectivity index (χ3n) is 2.24. The first-order chi connectivity index (χ1) is 5.70. The van der Waals surface area contributed by atoms with Gasteiger partial charge in [0.05, 0.1) is 0 Å². The number of esters is 1. The molecule has 1 saturated heterocycles. The summed E-state index contributed by atoms with van der Waals surface area (Å²) in [7, 11) is 0. The van der Waals surface area contributed by atoms with Crippen LogP contribution in [0.2, 0.25) is 0 Å². The van der Waals surface area contributed by atoms with Crippen LogP contribution in [0, 0.1) is 0 Å². The van der Waals surface area contributed by atoms with Gasteiger partial charge in [-0.15, -0.1) is 12.4 Å². The van der Waals surface area contributed by atoms with Gasteiger partial charge in [0, 0.05) is 20.0 Å². The molecule has 0 N–H and O–H groups in total. The molecule has 0 aromatic rings. The zero-order valence-corrected chi connectivity index (χ0v) is 9.10. The van der Waals surface area contributed by atoms with E-state index in [-0.39, 0.29) is 24.6 Å². The van der Waals surface area contributed by atoms with Gasteiger partial charge in [0.2, 0.25) is 0 Å². The first kappa shape index (κ1) is 12.7. The summed E-state index contributed by atoms with van der Waals surface area (Å²) in [5.74, 6) is -0.187. The van der Waals surface area contributed by atoms with Crippen LogP contribution in [0.1, 0.15) is 33.1 Å². The van der Waals surface area contributed by atoms with E-state index in [1.165, 1.54) is 26.2 Å². The topological polar surface area (TPSA) is 29.5 Å². The molecule has 0 radical (unpaired) electrons. The van der Waals surface area contributed by atoms with E-state index in [1.54, 1.807) is 0 Å². The van der Waals surface area contributed by atoms with Crippen LogP contribution in [0.3, 0.4) is 0 Å². The zero-order valence-electron chi connectivity index (χ0n) is 8.28. The molecule has 1 fully saturated rings. The normalized spacial score (nSPS) is 20.2. The predicted octanol–water partition coefficient (Wildman–Crippen LogP) is 1.80. The Bertz CT molecular complexity index is 158. The molecule has 4 heteroatoms. The Morgan fingerprint density at radius 1 is 1.31 bits per heavy atom. The molecule has 1 heterocycles. The molecule has 0 amide bonds. The average molecular weight is 208 g/mol. The first-order valence-corrected chi connectivity index (χ1v) is 4.61. The van der Waals surface area contributed by atoms with E-state index in [0.717, 1.165) is 13.1 Å². The molecule has 1 aliphatic rings. The van der Waals surface area contributed by atoms with E-state index in [2.05, 4.69) is 4.90 Å². The number of rotatable bonds is 2. The van der Waals surface area contributed by atoms with Crippen molar-refractivity contribution in [2.45, 2.75) is 39.3 Å². The summed E-state index contributed by atoms with van der Waals surface area (Å²) in [6.07, 6.45) is 3.73. The molecule has 0 saturated carbocycles. The molecule has 0 aliphatic carbocycles. The summed E-state index contributed by atoms with van der Waals surface area (Å²) in [5, 5.41) is 0. The highest BCUT2D eigenvalue weighted by Crippen LogP contribution is 2.12. The van der Waals surface area contributed by atoms with Crippen molar-refractivity contribution >= 4 is 18.4 Å². The lowest BCUT2D eigenvalue weighted by Gasteiger charge is -2.31. The van der Waals surface area contributed by atoms with Gasteiger partial charge in [-0.05, 0) is 19.8 Å². The maximum atomic E-state index is 10.6. The number of halogens is 1. The molecule has 1 aliphatic heterocycles. The molecule has 0 bridgehead atoms. The van der Waals surface area contributed by atoms with Crippen molar-refractivity contribution in [3.8, 4) is 0 Å². The summed E-state index contributed by atoms with van der Waals surface area (Å²) in [5.41, 5.74) is 0. The number of hydrogen-bond donors (Lipinski definition) is 0. The number of piperidine rings is 1. The van der Waals surface area contributed by atoms with E-state index < -0.39 is 0 Å². The van der Waals surface area contributed by atoms with Crippen LogP contribution in [-0.2, 0) is 9.53 Å². The van der Waals surface area contributed by atoms with Crippen LogP contribution >= 0.6 is 12.4 Å². The number of carbonyl (C=O) groups is 1. The molecule has 1 atom stereocenters. The van der Waals surface area contributed by atoms with Crippen molar-refractivity contribution in [1.29, 1.82) is 0 Å². The Hall–Kier alpha value is -0.280. The molecular formula is C9H18ClNO2. The highest BCUT2D eigenvalue weighted by molar-refractivity contribution is 5.85. The van der Waals surface area contributed by atoms with Gasteiger partial charge >= 0.3 is 5.97 Å². The third kappa shape index (κ3) is 4.48. The van der Waals surface area contributed by atoms with Crippen molar-refractivity contribution < 1.29 is 9.53 Å². The van der Waals surface area contributed by atoms with Crippen molar-refractivity contribution in [2.75, 3.05) is 13.1 Å². The van der Waals surface area contributed by atoms with E-state index in [1.807, 2.05) is 6.92 Å². The van der Waals surface area contributed by atoms with Gasteiger partial charge < -0.3 is 4.74 Å². The Morgan fingerprint density at radius 2 is 1.85 bits per heavy atom. The molecule has 0 aromatic carbocycles. The van der Waals surface area contributed by atoms with Gasteiger partial charge in [-0.3, -0.25) is 9.69 Å². The Labute approximate surface area is 85.8 Å². The summed E-state index contributed by atoms with van der Waals surface area (Å²) < 4.78 is 5.08. The van der Waals surface area contributed by atoms with Crippen LogP contribution < -0.4 is 0 Å². The number of nitrogens with zero attached hydrogens (tertiary/aromatic N) is 1. The van der Waals surface area contributed by atoms with Crippen molar-refractivity contribution in [1.82, 2.24) is 4.90 Å². The van der Waals surface area contributed by atoms with Crippen LogP contribution in [-0.4, -0.2) is 30.2 Å². The smallest absolute Gasteiger partial charge is 0.304 e. The van der Waals surface area contributed by atoms with Gasteiger partial charge in [0.25, 0.3) is 0 Å². The number of likely N-dealkylation sites (tertiary alicyclic amines) is 1. The van der Waals surface area contributed by atoms with E-state index in [9.17, 15) is 4.79 Å². The maximum Gasteiger partial charge on any atom is 0.304 e. The van der Waals surface area contributed by atoms with Gasteiger partial charge in [0.15, 0.2) is 6.23 Å². The van der Waals surface area contributed by atoms with Crippen LogP contribution in [0.15, 0.2) is 0 Å². The number of carbonyl (C=O) groups excluding carboxylic acids is 1. The molecule has 78 valence electrons. The van der Waals surface area contributed by atoms with E-state index in [0.29, 0.717) is 0 Å². The van der Waals surface area contributed by atoms with Crippen molar-refractivity contribution in [3.05, 3.63) is 0 Å². The Morgan fingerprint density at radius 3 is 2.31 bits per heavy atom. The molecule has 0 spiro atoms. The summed E-state index contributed by atoms with van der Waals surface area (Å²) >= 11 is 0. The molecule has 3 nitrogen and oxygen atoms in total. The fraction of sp³-hybridized carbons (Fsp3) is 0.889. The first-order valence-electron chi connectivity index (χ1n) is 4.61. The second kappa shape index (κ2) is 6.22. The SMILES string of the molecule is CC(=O)OC(C)N1CCCCC1.Cl. The third-order valence-corrected chi connectivity index (χ3v) is 2.24. The Kier molecular flexibility index (Phi) is 6.08. The lowest BCUT2D eigenvalue weighted by atomic mass is 10.1. The van der Waals surface area contributed by atoms with Gasteiger partial charge in [-0.2, -0.15) is 0 Å². The quantitative estimate of drug-likeness (QED) is 0.647. The number of ether oxygens (including phenoxy) is 1. The van der Waals surface area contributed by atoms with Crippen molar-refractivity contribution in [3.63, 3.8) is 0 Å². The lowest BCUT2D eigenvalue weighted by Crippen LogP contribution is -2.39. The largest absolute Gasteiger partial charge is 0.447 e. The minimum atomic E-state index is -0.187. The minimum Gasteiger partial charge on any atom is -0.447 e. The van der Waals surface area contributed by atoms with E-state index in [4.69, 9.17) is 4.74 Å². The molecule has 13 heavy (non-hydrogen) atoms. The van der Waals surface area contributed by atoms with Crippen LogP contribution in [0.25, 0.3) is 0 Å². The van der Waals surface area contributed by atoms with Gasteiger partial charge in [-0.25, -0.2) is 0 Å². The molecular weight excluding hydrogens is 190 g/mol. The monoisotopic (exact) mass is 207 g/mol. The fourth-order valence-electron chi connectivity index (χ4n) is 1.60. The number of hydrogen-bond acceptors (Lipinski definition) is 3. The summed E-state index contributed by atoms with van der Waals surface area (Å²) in [6, 6.07) is 0. The summed E-state index contributed by atoms with van der Waals surface area (Å²) in [6.45, 7) is 5.52. The maximum absolute atomic E-state index is 10.6. The van der Waals surface area contributed by atoms with Crippen molar-refractivity contribution in [2.24, 2.45) is 0 Å². The highest BCUT2D eigenvalue weighted by Gasteiger charge is 2.17. The molecule has 1 rings (SSSR count). The molecule has 0 aromatic heterocycles. The highest BCUT2D eigenvalue weighted by atomic mass is 35.5. The zero-order chi connectivity index (χ0) is 8.97. The molecule has 1 unspecified atom stereocenters. The lowest BCUT2D eigenvalue weighted by molar-refractivity contribution is -0.155. The Balaban J connectivity index is 0.00000144. The van der Waals surface area contributed by atoms with Crippen LogP contribution in [0.5, 0.6) is 0 Å². The fourth-order valence-corrected chi connectivity index (χ4v) is 1.60. The predicted molar refractivity (Wildman–Crippen MR) is 53.9 cm³/mol. The second-order valence-corrected chi connectivity index (χ2v) is 3.31. The summed E-state index contributed by atoms with van der Waals surface area (Å²) in [4.78, 5) is 12.9. The van der Waals surface area contributed by atoms with Gasteiger partial charge in [0.1, 0.15) is 0 Å². The minimum absolute atomic E-state index is 0. The second-order valence-electron chi connectivity index (χ2n) is 3.31. The van der Waals surface area contributed by atoms with E-state index >= 15 is 0 Å². The van der Waals surface area contributed by atoms with Crippen LogP contribution in [0.4, 0.5) is 0 Å². The average Bonchev–Trinajstić information content (AvgIpc) is 2.05.